The lowest BCUT2D eigenvalue weighted by Crippen LogP contribution is -2.25. The molecule has 4 rings (SSSR count). The van der Waals surface area contributed by atoms with Gasteiger partial charge in [-0.05, 0) is 42.8 Å². The van der Waals surface area contributed by atoms with Gasteiger partial charge in [0.2, 0.25) is 5.91 Å². The molecule has 0 N–H and O–H groups in total. The first-order chi connectivity index (χ1) is 13.1. The van der Waals surface area contributed by atoms with Crippen molar-refractivity contribution in [3.63, 3.8) is 0 Å². The minimum Gasteiger partial charge on any atom is -0.496 e. The SMILES string of the molecule is COc1ccccc1-c1nc(C2CC(=O)N(c3ccc(F)cc3C)C2)no1. The van der Waals surface area contributed by atoms with Crippen LogP contribution >= 0.6 is 0 Å². The number of halogens is 1. The first-order valence-electron chi connectivity index (χ1n) is 8.60. The van der Waals surface area contributed by atoms with Crippen LogP contribution in [0.4, 0.5) is 10.1 Å². The molecular formula is C20H18FN3O3. The third-order valence-corrected chi connectivity index (χ3v) is 4.72. The van der Waals surface area contributed by atoms with E-state index < -0.39 is 0 Å². The van der Waals surface area contributed by atoms with Crippen molar-refractivity contribution in [1.29, 1.82) is 0 Å². The molecule has 1 amide bonds. The molecule has 3 aromatic rings. The maximum Gasteiger partial charge on any atom is 0.261 e. The first kappa shape index (κ1) is 17.2. The van der Waals surface area contributed by atoms with Crippen molar-refractivity contribution in [2.75, 3.05) is 18.6 Å². The van der Waals surface area contributed by atoms with Crippen molar-refractivity contribution >= 4 is 11.6 Å². The Morgan fingerprint density at radius 3 is 2.85 bits per heavy atom. The monoisotopic (exact) mass is 367 g/mol. The molecule has 0 radical (unpaired) electrons. The summed E-state index contributed by atoms with van der Waals surface area (Å²) in [5.74, 6) is 0.920. The fourth-order valence-electron chi connectivity index (χ4n) is 3.37. The number of methoxy groups -OCH3 is 1. The largest absolute Gasteiger partial charge is 0.496 e. The topological polar surface area (TPSA) is 68.5 Å². The summed E-state index contributed by atoms with van der Waals surface area (Å²) in [6.45, 7) is 2.21. The number of carbonyl (C=O) groups excluding carboxylic acids is 1. The predicted molar refractivity (Wildman–Crippen MR) is 97.1 cm³/mol. The Morgan fingerprint density at radius 2 is 2.07 bits per heavy atom. The molecule has 27 heavy (non-hydrogen) atoms. The minimum atomic E-state index is -0.320. The van der Waals surface area contributed by atoms with Crippen molar-refractivity contribution in [1.82, 2.24) is 10.1 Å². The Bertz CT molecular complexity index is 1000. The number of nitrogens with zero attached hydrogens (tertiary/aromatic N) is 3. The molecule has 7 heteroatoms. The Balaban J connectivity index is 1.59. The number of aryl methyl sites for hydroxylation is 1. The lowest BCUT2D eigenvalue weighted by Gasteiger charge is -2.18. The molecule has 1 aromatic heterocycles. The number of para-hydroxylation sites is 1. The summed E-state index contributed by atoms with van der Waals surface area (Å²) in [5.41, 5.74) is 2.12. The number of amides is 1. The highest BCUT2D eigenvalue weighted by molar-refractivity contribution is 5.97. The summed E-state index contributed by atoms with van der Waals surface area (Å²) in [7, 11) is 1.58. The summed E-state index contributed by atoms with van der Waals surface area (Å²) in [6.07, 6.45) is 0.279. The van der Waals surface area contributed by atoms with Crippen LogP contribution < -0.4 is 9.64 Å². The van der Waals surface area contributed by atoms with Gasteiger partial charge < -0.3 is 14.2 Å². The second-order valence-corrected chi connectivity index (χ2v) is 6.49. The smallest absolute Gasteiger partial charge is 0.261 e. The lowest BCUT2D eigenvalue weighted by atomic mass is 10.1. The zero-order valence-corrected chi connectivity index (χ0v) is 15.0. The van der Waals surface area contributed by atoms with E-state index in [1.165, 1.54) is 12.1 Å². The van der Waals surface area contributed by atoms with Crippen molar-refractivity contribution in [3.05, 3.63) is 59.7 Å². The van der Waals surface area contributed by atoms with E-state index in [0.717, 1.165) is 0 Å². The molecule has 138 valence electrons. The minimum absolute atomic E-state index is 0.0432. The molecule has 6 nitrogen and oxygen atoms in total. The average Bonchev–Trinajstić information content (AvgIpc) is 3.29. The van der Waals surface area contributed by atoms with Gasteiger partial charge in [0, 0.05) is 24.6 Å². The molecular weight excluding hydrogens is 349 g/mol. The lowest BCUT2D eigenvalue weighted by molar-refractivity contribution is -0.117. The van der Waals surface area contributed by atoms with E-state index in [4.69, 9.17) is 9.26 Å². The molecule has 2 heterocycles. The van der Waals surface area contributed by atoms with Crippen molar-refractivity contribution in [2.45, 2.75) is 19.3 Å². The standard InChI is InChI=1S/C20H18FN3O3/c1-12-9-14(21)7-8-16(12)24-11-13(10-18(24)25)19-22-20(27-23-19)15-5-3-4-6-17(15)26-2/h3-9,13H,10-11H2,1-2H3. The molecule has 1 aliphatic heterocycles. The molecule has 1 fully saturated rings. The zero-order chi connectivity index (χ0) is 19.0. The van der Waals surface area contributed by atoms with E-state index in [1.807, 2.05) is 24.3 Å². The van der Waals surface area contributed by atoms with Crippen molar-refractivity contribution in [3.8, 4) is 17.2 Å². The van der Waals surface area contributed by atoms with Crippen LogP contribution in [-0.4, -0.2) is 29.7 Å². The summed E-state index contributed by atoms with van der Waals surface area (Å²) in [4.78, 5) is 18.6. The van der Waals surface area contributed by atoms with Crippen LogP contribution in [0.3, 0.4) is 0 Å². The van der Waals surface area contributed by atoms with E-state index in [1.54, 1.807) is 25.0 Å². The van der Waals surface area contributed by atoms with Crippen LogP contribution in [0.2, 0.25) is 0 Å². The summed E-state index contributed by atoms with van der Waals surface area (Å²) >= 11 is 0. The first-order valence-corrected chi connectivity index (χ1v) is 8.60. The van der Waals surface area contributed by atoms with Crippen molar-refractivity contribution in [2.24, 2.45) is 0 Å². The van der Waals surface area contributed by atoms with E-state index in [2.05, 4.69) is 10.1 Å². The highest BCUT2D eigenvalue weighted by Crippen LogP contribution is 2.34. The zero-order valence-electron chi connectivity index (χ0n) is 15.0. The van der Waals surface area contributed by atoms with Crippen LogP contribution in [0.25, 0.3) is 11.5 Å². The van der Waals surface area contributed by atoms with E-state index in [-0.39, 0.29) is 24.1 Å². The van der Waals surface area contributed by atoms with Gasteiger partial charge >= 0.3 is 0 Å². The van der Waals surface area contributed by atoms with Gasteiger partial charge in [0.05, 0.1) is 12.7 Å². The molecule has 2 aromatic carbocycles. The van der Waals surface area contributed by atoms with Gasteiger partial charge in [0.1, 0.15) is 11.6 Å². The van der Waals surface area contributed by atoms with E-state index >= 15 is 0 Å². The third kappa shape index (κ3) is 3.16. The maximum absolute atomic E-state index is 13.4. The number of ether oxygens (including phenoxy) is 1. The van der Waals surface area contributed by atoms with Gasteiger partial charge in [0.15, 0.2) is 5.82 Å². The molecule has 1 saturated heterocycles. The van der Waals surface area contributed by atoms with Crippen LogP contribution in [0.15, 0.2) is 47.0 Å². The number of aromatic nitrogens is 2. The summed E-state index contributed by atoms with van der Waals surface area (Å²) in [6, 6.07) is 11.8. The highest BCUT2D eigenvalue weighted by atomic mass is 19.1. The van der Waals surface area contributed by atoms with Gasteiger partial charge in [0.25, 0.3) is 5.89 Å². The molecule has 0 spiro atoms. The van der Waals surface area contributed by atoms with Gasteiger partial charge in [-0.3, -0.25) is 4.79 Å². The van der Waals surface area contributed by atoms with Gasteiger partial charge in [-0.25, -0.2) is 4.39 Å². The molecule has 1 unspecified atom stereocenters. The normalized spacial score (nSPS) is 16.8. The Labute approximate surface area is 155 Å². The molecule has 1 atom stereocenters. The van der Waals surface area contributed by atoms with Gasteiger partial charge in [-0.15, -0.1) is 0 Å². The van der Waals surface area contributed by atoms with E-state index in [0.29, 0.717) is 40.8 Å². The number of hydrogen-bond donors (Lipinski definition) is 0. The Kier molecular flexibility index (Phi) is 4.35. The van der Waals surface area contributed by atoms with Crippen LogP contribution in [0.5, 0.6) is 5.75 Å². The fourth-order valence-corrected chi connectivity index (χ4v) is 3.37. The molecule has 0 aliphatic carbocycles. The number of anilines is 1. The quantitative estimate of drug-likeness (QED) is 0.703. The molecule has 0 saturated carbocycles. The number of benzene rings is 2. The number of carbonyl (C=O) groups is 1. The number of hydrogen-bond acceptors (Lipinski definition) is 5. The molecule has 0 bridgehead atoms. The third-order valence-electron chi connectivity index (χ3n) is 4.72. The van der Waals surface area contributed by atoms with Crippen molar-refractivity contribution < 1.29 is 18.4 Å². The highest BCUT2D eigenvalue weighted by Gasteiger charge is 2.35. The number of rotatable bonds is 4. The Hall–Kier alpha value is -3.22. The maximum atomic E-state index is 13.4. The second-order valence-electron chi connectivity index (χ2n) is 6.49. The fraction of sp³-hybridized carbons (Fsp3) is 0.250. The van der Waals surface area contributed by atoms with E-state index in [9.17, 15) is 9.18 Å². The van der Waals surface area contributed by atoms with Crippen LogP contribution in [0.1, 0.15) is 23.7 Å². The predicted octanol–water partition coefficient (Wildman–Crippen LogP) is 3.71. The van der Waals surface area contributed by atoms with Crippen LogP contribution in [-0.2, 0) is 4.79 Å². The molecule has 1 aliphatic rings. The summed E-state index contributed by atoms with van der Waals surface area (Å²) in [5, 5.41) is 4.07. The van der Waals surface area contributed by atoms with Gasteiger partial charge in [-0.1, -0.05) is 17.3 Å². The van der Waals surface area contributed by atoms with Gasteiger partial charge in [-0.2, -0.15) is 4.98 Å². The summed E-state index contributed by atoms with van der Waals surface area (Å²) < 4.78 is 24.1. The average molecular weight is 367 g/mol. The van der Waals surface area contributed by atoms with Crippen LogP contribution in [0, 0.1) is 12.7 Å². The second kappa shape index (κ2) is 6.83. The Morgan fingerprint density at radius 1 is 1.26 bits per heavy atom.